The number of nitrogens with two attached hydrogens (primary N) is 1. The van der Waals surface area contributed by atoms with E-state index in [1.165, 1.54) is 0 Å². The Morgan fingerprint density at radius 1 is 1.42 bits per heavy atom. The molecule has 0 heterocycles. The highest BCUT2D eigenvalue weighted by atomic mass is 16.4. The molecule has 0 aromatic heterocycles. The van der Waals surface area contributed by atoms with Crippen molar-refractivity contribution in [3.05, 3.63) is 0 Å². The van der Waals surface area contributed by atoms with Crippen molar-refractivity contribution < 1.29 is 15.1 Å². The van der Waals surface area contributed by atoms with Crippen LogP contribution in [0.2, 0.25) is 0 Å². The van der Waals surface area contributed by atoms with Gasteiger partial charge in [-0.05, 0) is 38.0 Å². The van der Waals surface area contributed by atoms with Crippen LogP contribution in [0.15, 0.2) is 5.16 Å². The molecule has 1 saturated carbocycles. The van der Waals surface area contributed by atoms with E-state index in [0.717, 1.165) is 19.3 Å². The maximum Gasteiger partial charge on any atom is 0.236 e. The Morgan fingerprint density at radius 2 is 2.05 bits per heavy atom. The number of hydrogen-bond acceptors (Lipinski definition) is 4. The van der Waals surface area contributed by atoms with Gasteiger partial charge in [-0.15, -0.1) is 0 Å². The van der Waals surface area contributed by atoms with Crippen LogP contribution in [0.3, 0.4) is 0 Å². The van der Waals surface area contributed by atoms with Crippen LogP contribution in [0.5, 0.6) is 0 Å². The van der Waals surface area contributed by atoms with Crippen LogP contribution < -0.4 is 5.73 Å². The summed E-state index contributed by atoms with van der Waals surface area (Å²) in [7, 11) is 1.75. The molecule has 110 valence electrons. The van der Waals surface area contributed by atoms with E-state index in [-0.39, 0.29) is 18.3 Å². The zero-order chi connectivity index (χ0) is 14.5. The lowest BCUT2D eigenvalue weighted by Gasteiger charge is -2.45. The number of amides is 1. The summed E-state index contributed by atoms with van der Waals surface area (Å²) in [6.07, 6.45) is 3.78. The number of unbranched alkanes of at least 4 members (excludes halogenated alkanes) is 2. The molecule has 0 spiro atoms. The number of rotatable bonds is 7. The van der Waals surface area contributed by atoms with Crippen LogP contribution in [-0.2, 0) is 4.79 Å². The molecule has 0 saturated heterocycles. The van der Waals surface area contributed by atoms with Crippen molar-refractivity contribution in [3.8, 4) is 0 Å². The number of aliphatic hydroxyl groups is 1. The van der Waals surface area contributed by atoms with Crippen LogP contribution in [0.1, 0.15) is 39.0 Å². The summed E-state index contributed by atoms with van der Waals surface area (Å²) in [6, 6.07) is 0. The average molecular weight is 271 g/mol. The number of oxime groups is 1. The molecule has 0 bridgehead atoms. The number of aliphatic hydroxyl groups excluding tert-OH is 1. The molecule has 6 heteroatoms. The number of amidine groups is 1. The van der Waals surface area contributed by atoms with Crippen molar-refractivity contribution in [1.82, 2.24) is 4.90 Å². The molecule has 0 aliphatic heterocycles. The van der Waals surface area contributed by atoms with Crippen molar-refractivity contribution in [3.63, 3.8) is 0 Å². The molecule has 6 nitrogen and oxygen atoms in total. The molecule has 0 atom stereocenters. The summed E-state index contributed by atoms with van der Waals surface area (Å²) in [6.45, 7) is 2.87. The molecule has 1 aliphatic carbocycles. The normalized spacial score (nSPS) is 26.9. The van der Waals surface area contributed by atoms with Gasteiger partial charge >= 0.3 is 0 Å². The molecule has 0 radical (unpaired) electrons. The first kappa shape index (κ1) is 15.8. The highest BCUT2D eigenvalue weighted by Crippen LogP contribution is 2.46. The third-order valence-corrected chi connectivity index (χ3v) is 3.90. The summed E-state index contributed by atoms with van der Waals surface area (Å²) < 4.78 is 0. The molecule has 1 rings (SSSR count). The highest BCUT2D eigenvalue weighted by molar-refractivity contribution is 6.07. The van der Waals surface area contributed by atoms with Gasteiger partial charge in [-0.2, -0.15) is 0 Å². The van der Waals surface area contributed by atoms with Crippen molar-refractivity contribution in [1.29, 1.82) is 0 Å². The molecular formula is C13H25N3O3. The average Bonchev–Trinajstić information content (AvgIpc) is 2.37. The number of hydrogen-bond donors (Lipinski definition) is 3. The standard InChI is InChI=1S/C13H25N3O3/c1-10-8-13(9-10,11(14)15-19)12(18)16(2)6-4-3-5-7-17/h10,17,19H,3-9H2,1-2H3,(H2,14,15). The maximum absolute atomic E-state index is 12.5. The first-order chi connectivity index (χ1) is 8.97. The SMILES string of the molecule is CC1CC(C(=O)N(C)CCCCCO)(C(N)=NO)C1. The maximum atomic E-state index is 12.5. The lowest BCUT2D eigenvalue weighted by atomic mass is 9.61. The van der Waals surface area contributed by atoms with Gasteiger partial charge < -0.3 is 20.9 Å². The quantitative estimate of drug-likeness (QED) is 0.209. The molecule has 0 unspecified atom stereocenters. The minimum absolute atomic E-state index is 0.0257. The van der Waals surface area contributed by atoms with Crippen molar-refractivity contribution in [2.75, 3.05) is 20.2 Å². The minimum atomic E-state index is -0.806. The zero-order valence-corrected chi connectivity index (χ0v) is 11.8. The predicted molar refractivity (Wildman–Crippen MR) is 72.8 cm³/mol. The van der Waals surface area contributed by atoms with E-state index < -0.39 is 5.41 Å². The topological polar surface area (TPSA) is 99.2 Å². The second-order valence-electron chi connectivity index (χ2n) is 5.59. The van der Waals surface area contributed by atoms with Gasteiger partial charge in [-0.1, -0.05) is 12.1 Å². The van der Waals surface area contributed by atoms with Crippen molar-refractivity contribution in [2.24, 2.45) is 22.2 Å². The fourth-order valence-electron chi connectivity index (χ4n) is 2.82. The predicted octanol–water partition coefficient (Wildman–Crippen LogP) is 0.770. The third-order valence-electron chi connectivity index (χ3n) is 3.90. The molecule has 1 amide bonds. The fraction of sp³-hybridized carbons (Fsp3) is 0.846. The van der Waals surface area contributed by atoms with Crippen LogP contribution in [0, 0.1) is 11.3 Å². The third kappa shape index (κ3) is 3.37. The smallest absolute Gasteiger partial charge is 0.236 e. The monoisotopic (exact) mass is 271 g/mol. The molecule has 1 fully saturated rings. The molecule has 4 N–H and O–H groups in total. The molecule has 0 aromatic rings. The van der Waals surface area contributed by atoms with E-state index in [4.69, 9.17) is 16.0 Å². The Balaban J connectivity index is 2.58. The van der Waals surface area contributed by atoms with Crippen LogP contribution in [-0.4, -0.2) is 47.2 Å². The second-order valence-corrected chi connectivity index (χ2v) is 5.59. The van der Waals surface area contributed by atoms with Crippen molar-refractivity contribution >= 4 is 11.7 Å². The van der Waals surface area contributed by atoms with Gasteiger partial charge in [0, 0.05) is 20.2 Å². The van der Waals surface area contributed by atoms with E-state index in [2.05, 4.69) is 12.1 Å². The van der Waals surface area contributed by atoms with E-state index in [1.54, 1.807) is 11.9 Å². The van der Waals surface area contributed by atoms with Gasteiger partial charge in [0.1, 0.15) is 5.41 Å². The summed E-state index contributed by atoms with van der Waals surface area (Å²) in [5, 5.41) is 20.6. The molecule has 19 heavy (non-hydrogen) atoms. The number of nitrogens with zero attached hydrogens (tertiary/aromatic N) is 2. The Morgan fingerprint density at radius 3 is 2.53 bits per heavy atom. The Bertz CT molecular complexity index is 338. The van der Waals surface area contributed by atoms with Crippen LogP contribution in [0.4, 0.5) is 0 Å². The molecule has 1 aliphatic rings. The molecule has 0 aromatic carbocycles. The number of carbonyl (C=O) groups excluding carboxylic acids is 1. The van der Waals surface area contributed by atoms with Gasteiger partial charge in [-0.3, -0.25) is 4.79 Å². The van der Waals surface area contributed by atoms with Gasteiger partial charge in [-0.25, -0.2) is 0 Å². The largest absolute Gasteiger partial charge is 0.409 e. The van der Waals surface area contributed by atoms with Gasteiger partial charge in [0.05, 0.1) is 0 Å². The van der Waals surface area contributed by atoms with Crippen LogP contribution in [0.25, 0.3) is 0 Å². The summed E-state index contributed by atoms with van der Waals surface area (Å²) >= 11 is 0. The van der Waals surface area contributed by atoms with E-state index in [9.17, 15) is 4.79 Å². The van der Waals surface area contributed by atoms with E-state index in [0.29, 0.717) is 25.3 Å². The Labute approximate surface area is 114 Å². The molecular weight excluding hydrogens is 246 g/mol. The van der Waals surface area contributed by atoms with Gasteiger partial charge in [0.15, 0.2) is 5.84 Å². The zero-order valence-electron chi connectivity index (χ0n) is 11.8. The van der Waals surface area contributed by atoms with E-state index >= 15 is 0 Å². The summed E-state index contributed by atoms with van der Waals surface area (Å²) in [4.78, 5) is 14.1. The van der Waals surface area contributed by atoms with Crippen molar-refractivity contribution in [2.45, 2.75) is 39.0 Å². The van der Waals surface area contributed by atoms with E-state index in [1.807, 2.05) is 0 Å². The first-order valence-electron chi connectivity index (χ1n) is 6.82. The number of carbonyl (C=O) groups is 1. The lowest BCUT2D eigenvalue weighted by molar-refractivity contribution is -0.143. The fourth-order valence-corrected chi connectivity index (χ4v) is 2.82. The second kappa shape index (κ2) is 6.75. The minimum Gasteiger partial charge on any atom is -0.409 e. The lowest BCUT2D eigenvalue weighted by Crippen LogP contribution is -2.57. The van der Waals surface area contributed by atoms with Gasteiger partial charge in [0.2, 0.25) is 5.91 Å². The Hall–Kier alpha value is -1.30. The highest BCUT2D eigenvalue weighted by Gasteiger charge is 2.53. The summed E-state index contributed by atoms with van der Waals surface area (Å²) in [5.41, 5.74) is 4.90. The van der Waals surface area contributed by atoms with Gasteiger partial charge in [0.25, 0.3) is 0 Å². The Kier molecular flexibility index (Phi) is 5.60. The van der Waals surface area contributed by atoms with Crippen LogP contribution >= 0.6 is 0 Å². The summed E-state index contributed by atoms with van der Waals surface area (Å²) in [5.74, 6) is 0.384. The first-order valence-corrected chi connectivity index (χ1v) is 6.82.